The number of rotatable bonds is 6. The molecule has 2 rings (SSSR count). The van der Waals surface area contributed by atoms with E-state index < -0.39 is 0 Å². The summed E-state index contributed by atoms with van der Waals surface area (Å²) in [6.45, 7) is 7.77. The van der Waals surface area contributed by atoms with Crippen LogP contribution in [0.4, 0.5) is 0 Å². The van der Waals surface area contributed by atoms with Gasteiger partial charge in [-0.2, -0.15) is 11.8 Å². The summed E-state index contributed by atoms with van der Waals surface area (Å²) in [5, 5.41) is 4.72. The molecule has 0 radical (unpaired) electrons. The zero-order valence-corrected chi connectivity index (χ0v) is 13.8. The molecule has 112 valence electrons. The van der Waals surface area contributed by atoms with E-state index in [4.69, 9.17) is 4.74 Å². The summed E-state index contributed by atoms with van der Waals surface area (Å²) in [4.78, 5) is 0. The maximum absolute atomic E-state index is 5.72. The fourth-order valence-electron chi connectivity index (χ4n) is 2.89. The monoisotopic (exact) mass is 293 g/mol. The normalized spacial score (nSPS) is 25.9. The highest BCUT2D eigenvalue weighted by atomic mass is 32.2. The molecule has 1 aromatic rings. The molecule has 0 amide bonds. The van der Waals surface area contributed by atoms with Gasteiger partial charge in [-0.05, 0) is 31.9 Å². The molecule has 0 aliphatic carbocycles. The summed E-state index contributed by atoms with van der Waals surface area (Å²) in [7, 11) is 2.07. The maximum Gasteiger partial charge on any atom is 0.0666 e. The van der Waals surface area contributed by atoms with Crippen LogP contribution in [0.1, 0.15) is 38.8 Å². The number of ether oxygens (including phenoxy) is 1. The van der Waals surface area contributed by atoms with E-state index in [-0.39, 0.29) is 0 Å². The first-order valence-corrected chi connectivity index (χ1v) is 8.57. The number of hydrogen-bond donors (Lipinski definition) is 1. The summed E-state index contributed by atoms with van der Waals surface area (Å²) < 4.78 is 5.72. The first-order valence-electron chi connectivity index (χ1n) is 7.62. The van der Waals surface area contributed by atoms with Crippen molar-refractivity contribution in [1.82, 2.24) is 5.32 Å². The lowest BCUT2D eigenvalue weighted by Crippen LogP contribution is -2.33. The Morgan fingerprint density at radius 3 is 2.45 bits per heavy atom. The second-order valence-electron chi connectivity index (χ2n) is 5.92. The minimum absolute atomic E-state index is 0.384. The molecule has 1 heterocycles. The standard InChI is InChI=1S/C17H27NOS/c1-12(2)17(20-15-10-11-19-13(15)3)16(18-4)14-8-6-5-7-9-14/h5-9,12-13,15-18H,10-11H2,1-4H3. The molecule has 2 nitrogen and oxygen atoms in total. The molecular formula is C17H27NOS. The highest BCUT2D eigenvalue weighted by molar-refractivity contribution is 8.00. The van der Waals surface area contributed by atoms with Gasteiger partial charge in [0.2, 0.25) is 0 Å². The molecule has 1 N–H and O–H groups in total. The van der Waals surface area contributed by atoms with Gasteiger partial charge in [-0.3, -0.25) is 0 Å². The molecular weight excluding hydrogens is 266 g/mol. The second kappa shape index (κ2) is 7.48. The quantitative estimate of drug-likeness (QED) is 0.860. The highest BCUT2D eigenvalue weighted by Crippen LogP contribution is 2.38. The number of nitrogens with one attached hydrogen (secondary N) is 1. The van der Waals surface area contributed by atoms with Crippen molar-refractivity contribution in [2.75, 3.05) is 13.7 Å². The van der Waals surface area contributed by atoms with Crippen molar-refractivity contribution in [2.24, 2.45) is 5.92 Å². The molecule has 0 bridgehead atoms. The minimum Gasteiger partial charge on any atom is -0.377 e. The summed E-state index contributed by atoms with van der Waals surface area (Å²) in [5.41, 5.74) is 1.38. The van der Waals surface area contributed by atoms with Gasteiger partial charge >= 0.3 is 0 Å². The van der Waals surface area contributed by atoms with Crippen molar-refractivity contribution in [2.45, 2.75) is 49.8 Å². The van der Waals surface area contributed by atoms with E-state index in [1.54, 1.807) is 0 Å². The molecule has 0 spiro atoms. The fraction of sp³-hybridized carbons (Fsp3) is 0.647. The zero-order chi connectivity index (χ0) is 14.5. The van der Waals surface area contributed by atoms with Crippen LogP contribution in [-0.2, 0) is 4.74 Å². The number of thioether (sulfide) groups is 1. The smallest absolute Gasteiger partial charge is 0.0666 e. The third kappa shape index (κ3) is 3.78. The first kappa shape index (κ1) is 15.9. The van der Waals surface area contributed by atoms with Crippen molar-refractivity contribution < 1.29 is 4.74 Å². The fourth-order valence-corrected chi connectivity index (χ4v) is 4.59. The van der Waals surface area contributed by atoms with Crippen LogP contribution in [0.3, 0.4) is 0 Å². The van der Waals surface area contributed by atoms with Crippen molar-refractivity contribution >= 4 is 11.8 Å². The Bertz CT molecular complexity index is 395. The molecule has 1 aromatic carbocycles. The van der Waals surface area contributed by atoms with Gasteiger partial charge in [0, 0.05) is 23.1 Å². The van der Waals surface area contributed by atoms with E-state index in [0.29, 0.717) is 28.6 Å². The third-order valence-corrected chi connectivity index (χ3v) is 6.19. The molecule has 4 unspecified atom stereocenters. The summed E-state index contributed by atoms with van der Waals surface area (Å²) in [6.07, 6.45) is 1.56. The van der Waals surface area contributed by atoms with Crippen molar-refractivity contribution in [3.63, 3.8) is 0 Å². The van der Waals surface area contributed by atoms with Crippen LogP contribution in [0.25, 0.3) is 0 Å². The maximum atomic E-state index is 5.72. The predicted octanol–water partition coefficient (Wildman–Crippen LogP) is 3.88. The minimum atomic E-state index is 0.384. The van der Waals surface area contributed by atoms with E-state index in [1.165, 1.54) is 12.0 Å². The Hall–Kier alpha value is -0.510. The average molecular weight is 293 g/mol. The van der Waals surface area contributed by atoms with Crippen LogP contribution in [0.5, 0.6) is 0 Å². The summed E-state index contributed by atoms with van der Waals surface area (Å²) >= 11 is 2.11. The van der Waals surface area contributed by atoms with Gasteiger partial charge in [0.05, 0.1) is 6.10 Å². The summed E-state index contributed by atoms with van der Waals surface area (Å²) in [5.74, 6) is 0.630. The highest BCUT2D eigenvalue weighted by Gasteiger charge is 2.33. The Balaban J connectivity index is 2.13. The van der Waals surface area contributed by atoms with Crippen LogP contribution < -0.4 is 5.32 Å². The van der Waals surface area contributed by atoms with Crippen LogP contribution in [-0.4, -0.2) is 30.3 Å². The van der Waals surface area contributed by atoms with E-state index in [2.05, 4.69) is 75.2 Å². The lowest BCUT2D eigenvalue weighted by molar-refractivity contribution is 0.127. The number of hydrogen-bond acceptors (Lipinski definition) is 3. The SMILES string of the molecule is CNC(c1ccccc1)C(SC1CCOC1C)C(C)C. The Kier molecular flexibility index (Phi) is 5.94. The molecule has 3 heteroatoms. The van der Waals surface area contributed by atoms with Crippen molar-refractivity contribution in [1.29, 1.82) is 0 Å². The molecule has 1 aliphatic rings. The van der Waals surface area contributed by atoms with Gasteiger partial charge in [-0.25, -0.2) is 0 Å². The second-order valence-corrected chi connectivity index (χ2v) is 7.35. The lowest BCUT2D eigenvalue weighted by atomic mass is 9.96. The van der Waals surface area contributed by atoms with Crippen LogP contribution in [0.2, 0.25) is 0 Å². The molecule has 4 atom stereocenters. The van der Waals surface area contributed by atoms with E-state index >= 15 is 0 Å². The van der Waals surface area contributed by atoms with Crippen molar-refractivity contribution in [3.05, 3.63) is 35.9 Å². The van der Waals surface area contributed by atoms with Crippen molar-refractivity contribution in [3.8, 4) is 0 Å². The first-order chi connectivity index (χ1) is 9.63. The molecule has 0 saturated carbocycles. The molecule has 1 aliphatic heterocycles. The topological polar surface area (TPSA) is 21.3 Å². The Labute approximate surface area is 127 Å². The average Bonchev–Trinajstić information content (AvgIpc) is 2.85. The predicted molar refractivity (Wildman–Crippen MR) is 88.3 cm³/mol. The lowest BCUT2D eigenvalue weighted by Gasteiger charge is -2.32. The van der Waals surface area contributed by atoms with Gasteiger partial charge in [0.25, 0.3) is 0 Å². The Morgan fingerprint density at radius 2 is 1.95 bits per heavy atom. The summed E-state index contributed by atoms with van der Waals surface area (Å²) in [6, 6.07) is 11.2. The van der Waals surface area contributed by atoms with E-state index in [0.717, 1.165) is 6.61 Å². The Morgan fingerprint density at radius 1 is 1.25 bits per heavy atom. The van der Waals surface area contributed by atoms with Gasteiger partial charge in [0.1, 0.15) is 0 Å². The largest absolute Gasteiger partial charge is 0.377 e. The van der Waals surface area contributed by atoms with E-state index in [1.807, 2.05) is 0 Å². The van der Waals surface area contributed by atoms with Crippen LogP contribution >= 0.6 is 11.8 Å². The molecule has 1 fully saturated rings. The molecule has 1 saturated heterocycles. The third-order valence-electron chi connectivity index (χ3n) is 4.09. The van der Waals surface area contributed by atoms with Crippen LogP contribution in [0.15, 0.2) is 30.3 Å². The van der Waals surface area contributed by atoms with Gasteiger partial charge in [-0.15, -0.1) is 0 Å². The van der Waals surface area contributed by atoms with Gasteiger partial charge in [-0.1, -0.05) is 44.2 Å². The molecule has 0 aromatic heterocycles. The van der Waals surface area contributed by atoms with Gasteiger partial charge < -0.3 is 10.1 Å². The van der Waals surface area contributed by atoms with E-state index in [9.17, 15) is 0 Å². The number of benzene rings is 1. The molecule has 20 heavy (non-hydrogen) atoms. The van der Waals surface area contributed by atoms with Gasteiger partial charge in [0.15, 0.2) is 0 Å². The van der Waals surface area contributed by atoms with Crippen LogP contribution in [0, 0.1) is 5.92 Å². The zero-order valence-electron chi connectivity index (χ0n) is 13.0.